The summed E-state index contributed by atoms with van der Waals surface area (Å²) in [6.45, 7) is 3.80. The molecule has 2 N–H and O–H groups in total. The number of hydrogen-bond donors (Lipinski definition) is 2. The maximum atomic E-state index is 12.1. The molecule has 1 aliphatic rings. The van der Waals surface area contributed by atoms with Gasteiger partial charge >= 0.3 is 5.97 Å². The number of carbonyl (C=O) groups excluding carboxylic acids is 1. The summed E-state index contributed by atoms with van der Waals surface area (Å²) in [4.78, 5) is 22.6. The summed E-state index contributed by atoms with van der Waals surface area (Å²) in [7, 11) is 0. The Kier molecular flexibility index (Phi) is 5.38. The average Bonchev–Trinajstić information content (AvgIpc) is 2.32. The van der Waals surface area contributed by atoms with E-state index in [-0.39, 0.29) is 12.5 Å². The first-order valence-electron chi connectivity index (χ1n) is 6.64. The number of rotatable bonds is 4. The molecule has 1 aliphatic carbocycles. The highest BCUT2D eigenvalue weighted by atomic mass is 16.4. The quantitative estimate of drug-likeness (QED) is 0.756. The van der Waals surface area contributed by atoms with Gasteiger partial charge in [-0.2, -0.15) is 0 Å². The third-order valence-corrected chi connectivity index (χ3v) is 3.81. The van der Waals surface area contributed by atoms with Gasteiger partial charge in [0.05, 0.1) is 0 Å². The van der Waals surface area contributed by atoms with Gasteiger partial charge in [-0.05, 0) is 38.0 Å². The zero-order chi connectivity index (χ0) is 13.6. The standard InChI is InChI=1S/C14H23NO3/c1-3-11-6-4-5-8-14(2,9-7-11)13(18)15-10-12(16)17/h4,6,11H,3,5,7-10H2,1-2H3,(H,15,18)(H,16,17)/b6-4+. The molecule has 2 unspecified atom stereocenters. The Hall–Kier alpha value is -1.32. The second-order valence-electron chi connectivity index (χ2n) is 5.31. The Morgan fingerprint density at radius 1 is 1.44 bits per heavy atom. The highest BCUT2D eigenvalue weighted by Crippen LogP contribution is 2.34. The van der Waals surface area contributed by atoms with Gasteiger partial charge in [-0.3, -0.25) is 9.59 Å². The molecule has 2 atom stereocenters. The monoisotopic (exact) mass is 253 g/mol. The first-order valence-corrected chi connectivity index (χ1v) is 6.64. The lowest BCUT2D eigenvalue weighted by atomic mass is 9.76. The molecule has 1 amide bonds. The van der Waals surface area contributed by atoms with E-state index in [9.17, 15) is 9.59 Å². The zero-order valence-electron chi connectivity index (χ0n) is 11.2. The van der Waals surface area contributed by atoms with E-state index in [0.29, 0.717) is 5.92 Å². The van der Waals surface area contributed by atoms with Crippen molar-refractivity contribution in [3.05, 3.63) is 12.2 Å². The topological polar surface area (TPSA) is 66.4 Å². The van der Waals surface area contributed by atoms with Crippen molar-refractivity contribution < 1.29 is 14.7 Å². The Morgan fingerprint density at radius 3 is 2.78 bits per heavy atom. The lowest BCUT2D eigenvalue weighted by Crippen LogP contribution is -2.41. The second-order valence-corrected chi connectivity index (χ2v) is 5.31. The predicted molar refractivity (Wildman–Crippen MR) is 70.1 cm³/mol. The van der Waals surface area contributed by atoms with Crippen LogP contribution in [0.5, 0.6) is 0 Å². The van der Waals surface area contributed by atoms with Gasteiger partial charge in [0.25, 0.3) is 0 Å². The van der Waals surface area contributed by atoms with Gasteiger partial charge in [0.2, 0.25) is 5.91 Å². The van der Waals surface area contributed by atoms with E-state index >= 15 is 0 Å². The largest absolute Gasteiger partial charge is 0.480 e. The molecule has 0 saturated carbocycles. The van der Waals surface area contributed by atoms with Crippen molar-refractivity contribution in [2.45, 2.75) is 46.0 Å². The lowest BCUT2D eigenvalue weighted by Gasteiger charge is -2.30. The summed E-state index contributed by atoms with van der Waals surface area (Å²) < 4.78 is 0. The minimum Gasteiger partial charge on any atom is -0.480 e. The van der Waals surface area contributed by atoms with E-state index in [1.807, 2.05) is 6.92 Å². The summed E-state index contributed by atoms with van der Waals surface area (Å²) in [6.07, 6.45) is 8.96. The molecule has 0 spiro atoms. The molecule has 0 aromatic carbocycles. The summed E-state index contributed by atoms with van der Waals surface area (Å²) in [6, 6.07) is 0. The third kappa shape index (κ3) is 4.17. The van der Waals surface area contributed by atoms with Crippen LogP contribution >= 0.6 is 0 Å². The molecule has 1 rings (SSSR count). The highest BCUT2D eigenvalue weighted by molar-refractivity contribution is 5.85. The van der Waals surface area contributed by atoms with Crippen LogP contribution in [0, 0.1) is 11.3 Å². The molecule has 102 valence electrons. The van der Waals surface area contributed by atoms with Crippen molar-refractivity contribution in [1.82, 2.24) is 5.32 Å². The smallest absolute Gasteiger partial charge is 0.322 e. The number of allylic oxidation sites excluding steroid dienone is 2. The molecule has 0 aliphatic heterocycles. The van der Waals surface area contributed by atoms with Gasteiger partial charge in [-0.15, -0.1) is 0 Å². The molecule has 0 saturated heterocycles. The van der Waals surface area contributed by atoms with Crippen molar-refractivity contribution >= 4 is 11.9 Å². The van der Waals surface area contributed by atoms with Crippen LogP contribution in [0.25, 0.3) is 0 Å². The van der Waals surface area contributed by atoms with Crippen molar-refractivity contribution in [2.75, 3.05) is 6.54 Å². The van der Waals surface area contributed by atoms with Crippen LogP contribution in [0.3, 0.4) is 0 Å². The Morgan fingerprint density at radius 2 is 2.17 bits per heavy atom. The molecule has 0 fully saturated rings. The molecule has 0 heterocycles. The minimum atomic E-state index is -0.996. The van der Waals surface area contributed by atoms with Crippen molar-refractivity contribution in [3.63, 3.8) is 0 Å². The fourth-order valence-electron chi connectivity index (χ4n) is 2.35. The number of hydrogen-bond acceptors (Lipinski definition) is 2. The number of nitrogens with one attached hydrogen (secondary N) is 1. The van der Waals surface area contributed by atoms with Crippen LogP contribution in [0.15, 0.2) is 12.2 Å². The van der Waals surface area contributed by atoms with Gasteiger partial charge < -0.3 is 10.4 Å². The summed E-state index contributed by atoms with van der Waals surface area (Å²) in [5.41, 5.74) is -0.437. The first kappa shape index (κ1) is 14.7. The molecule has 0 aromatic rings. The fourth-order valence-corrected chi connectivity index (χ4v) is 2.35. The van der Waals surface area contributed by atoms with E-state index in [1.165, 1.54) is 0 Å². The van der Waals surface area contributed by atoms with Crippen LogP contribution in [0.4, 0.5) is 0 Å². The third-order valence-electron chi connectivity index (χ3n) is 3.81. The van der Waals surface area contributed by atoms with Crippen molar-refractivity contribution in [3.8, 4) is 0 Å². The van der Waals surface area contributed by atoms with Gasteiger partial charge in [-0.25, -0.2) is 0 Å². The SMILES string of the molecule is CCC1/C=C/CCC(C)(C(=O)NCC(=O)O)CC1. The van der Waals surface area contributed by atoms with Crippen molar-refractivity contribution in [2.24, 2.45) is 11.3 Å². The molecule has 4 heteroatoms. The molecule has 0 radical (unpaired) electrons. The van der Waals surface area contributed by atoms with E-state index in [4.69, 9.17) is 5.11 Å². The van der Waals surface area contributed by atoms with Crippen LogP contribution in [-0.4, -0.2) is 23.5 Å². The summed E-state index contributed by atoms with van der Waals surface area (Å²) in [5, 5.41) is 11.1. The minimum absolute atomic E-state index is 0.130. The number of carboxylic acids is 1. The fraction of sp³-hybridized carbons (Fsp3) is 0.714. The summed E-state index contributed by atoms with van der Waals surface area (Å²) >= 11 is 0. The van der Waals surface area contributed by atoms with Crippen LogP contribution in [0.1, 0.15) is 46.0 Å². The first-order chi connectivity index (χ1) is 8.48. The van der Waals surface area contributed by atoms with Gasteiger partial charge in [-0.1, -0.05) is 26.0 Å². The number of amides is 1. The Bertz CT molecular complexity index is 338. The Labute approximate surface area is 108 Å². The van der Waals surface area contributed by atoms with E-state index in [1.54, 1.807) is 0 Å². The van der Waals surface area contributed by atoms with Crippen LogP contribution in [0.2, 0.25) is 0 Å². The predicted octanol–water partition coefficient (Wildman–Crippen LogP) is 2.35. The molecule has 0 aromatic heterocycles. The molecule has 18 heavy (non-hydrogen) atoms. The normalized spacial score (nSPS) is 30.0. The molecular weight excluding hydrogens is 230 g/mol. The van der Waals surface area contributed by atoms with E-state index < -0.39 is 11.4 Å². The molecule has 4 nitrogen and oxygen atoms in total. The maximum Gasteiger partial charge on any atom is 0.322 e. The second kappa shape index (κ2) is 6.57. The highest BCUT2D eigenvalue weighted by Gasteiger charge is 2.33. The van der Waals surface area contributed by atoms with E-state index in [0.717, 1.165) is 32.1 Å². The van der Waals surface area contributed by atoms with Gasteiger partial charge in [0.15, 0.2) is 0 Å². The number of carboxylic acid groups (broad SMARTS) is 1. The number of aliphatic carboxylic acids is 1. The van der Waals surface area contributed by atoms with Gasteiger partial charge in [0, 0.05) is 5.41 Å². The Balaban J connectivity index is 2.63. The zero-order valence-corrected chi connectivity index (χ0v) is 11.2. The van der Waals surface area contributed by atoms with E-state index in [2.05, 4.69) is 24.4 Å². The molecule has 0 bridgehead atoms. The number of carbonyl (C=O) groups is 2. The average molecular weight is 253 g/mol. The van der Waals surface area contributed by atoms with Crippen LogP contribution in [-0.2, 0) is 9.59 Å². The summed E-state index contributed by atoms with van der Waals surface area (Å²) in [5.74, 6) is -0.587. The molecular formula is C14H23NO3. The maximum absolute atomic E-state index is 12.1. The van der Waals surface area contributed by atoms with Crippen molar-refractivity contribution in [1.29, 1.82) is 0 Å². The van der Waals surface area contributed by atoms with Gasteiger partial charge in [0.1, 0.15) is 6.54 Å². The lowest BCUT2D eigenvalue weighted by molar-refractivity contribution is -0.140. The van der Waals surface area contributed by atoms with Crippen LogP contribution < -0.4 is 5.32 Å².